The first-order valence-electron chi connectivity index (χ1n) is 6.31. The molecule has 2 rings (SSSR count). The van der Waals surface area contributed by atoms with E-state index in [1.165, 1.54) is 25.9 Å². The lowest BCUT2D eigenvalue weighted by Gasteiger charge is -2.14. The van der Waals surface area contributed by atoms with Crippen molar-refractivity contribution in [3.63, 3.8) is 0 Å². The molecule has 0 spiro atoms. The van der Waals surface area contributed by atoms with E-state index in [2.05, 4.69) is 17.6 Å². The zero-order valence-corrected chi connectivity index (χ0v) is 10.0. The Morgan fingerprint density at radius 2 is 2.56 bits per heavy atom. The largest absolute Gasteiger partial charge is 0.469 e. The summed E-state index contributed by atoms with van der Waals surface area (Å²) < 4.78 is 5.33. The highest BCUT2D eigenvalue weighted by Gasteiger charge is 2.14. The van der Waals surface area contributed by atoms with Gasteiger partial charge in [0.25, 0.3) is 0 Å². The lowest BCUT2D eigenvalue weighted by molar-refractivity contribution is 0.432. The number of rotatable bonds is 6. The molecule has 2 N–H and O–H groups in total. The van der Waals surface area contributed by atoms with E-state index in [9.17, 15) is 0 Å². The van der Waals surface area contributed by atoms with Crippen LogP contribution in [0.15, 0.2) is 22.8 Å². The fraction of sp³-hybridized carbons (Fsp3) is 0.692. The Kier molecular flexibility index (Phi) is 4.43. The molecule has 90 valence electrons. The summed E-state index contributed by atoms with van der Waals surface area (Å²) in [4.78, 5) is 0. The van der Waals surface area contributed by atoms with Crippen LogP contribution in [-0.2, 0) is 6.42 Å². The second-order valence-electron chi connectivity index (χ2n) is 4.79. The number of hydrogen-bond donors (Lipinski definition) is 2. The normalized spacial score (nSPS) is 22.4. The fourth-order valence-corrected chi connectivity index (χ4v) is 2.30. The minimum Gasteiger partial charge on any atom is -0.469 e. The highest BCUT2D eigenvalue weighted by Crippen LogP contribution is 2.11. The minimum atomic E-state index is 0.500. The molecule has 0 saturated carbocycles. The Morgan fingerprint density at radius 3 is 3.25 bits per heavy atom. The molecule has 1 aliphatic rings. The molecule has 1 aromatic rings. The Balaban J connectivity index is 1.58. The van der Waals surface area contributed by atoms with Gasteiger partial charge in [-0.3, -0.25) is 0 Å². The third-order valence-corrected chi connectivity index (χ3v) is 3.30. The zero-order valence-electron chi connectivity index (χ0n) is 10.0. The second kappa shape index (κ2) is 6.06. The summed E-state index contributed by atoms with van der Waals surface area (Å²) in [5.41, 5.74) is 0. The number of nitrogens with one attached hydrogen (secondary N) is 2. The van der Waals surface area contributed by atoms with Crippen molar-refractivity contribution >= 4 is 0 Å². The van der Waals surface area contributed by atoms with E-state index in [0.717, 1.165) is 24.6 Å². The molecule has 2 unspecified atom stereocenters. The molecule has 0 bridgehead atoms. The van der Waals surface area contributed by atoms with E-state index in [1.54, 1.807) is 6.26 Å². The van der Waals surface area contributed by atoms with Gasteiger partial charge in [-0.1, -0.05) is 0 Å². The molecule has 1 fully saturated rings. The van der Waals surface area contributed by atoms with Gasteiger partial charge in [-0.05, 0) is 57.5 Å². The van der Waals surface area contributed by atoms with Crippen LogP contribution in [0.2, 0.25) is 0 Å². The zero-order chi connectivity index (χ0) is 11.2. The molecular weight excluding hydrogens is 200 g/mol. The van der Waals surface area contributed by atoms with Crippen molar-refractivity contribution in [2.75, 3.05) is 19.6 Å². The van der Waals surface area contributed by atoms with Gasteiger partial charge in [-0.25, -0.2) is 0 Å². The lowest BCUT2D eigenvalue weighted by atomic mass is 10.0. The summed E-state index contributed by atoms with van der Waals surface area (Å²) in [7, 11) is 0. The average Bonchev–Trinajstić information content (AvgIpc) is 2.90. The van der Waals surface area contributed by atoms with Gasteiger partial charge in [0, 0.05) is 12.5 Å². The molecule has 16 heavy (non-hydrogen) atoms. The predicted octanol–water partition coefficient (Wildman–Crippen LogP) is 1.80. The number of hydrogen-bond acceptors (Lipinski definition) is 3. The SMILES string of the molecule is CC(Cc1ccco1)NCCC1CCNC1. The molecule has 0 amide bonds. The lowest BCUT2D eigenvalue weighted by Crippen LogP contribution is -2.30. The van der Waals surface area contributed by atoms with Crippen LogP contribution in [0, 0.1) is 5.92 Å². The van der Waals surface area contributed by atoms with Crippen molar-refractivity contribution < 1.29 is 4.42 Å². The first kappa shape index (κ1) is 11.7. The monoisotopic (exact) mass is 222 g/mol. The van der Waals surface area contributed by atoms with Crippen LogP contribution in [0.25, 0.3) is 0 Å². The third kappa shape index (κ3) is 3.65. The maximum atomic E-state index is 5.33. The molecule has 1 aromatic heterocycles. The first-order valence-corrected chi connectivity index (χ1v) is 6.31. The third-order valence-electron chi connectivity index (χ3n) is 3.30. The van der Waals surface area contributed by atoms with Crippen molar-refractivity contribution in [1.29, 1.82) is 0 Å². The van der Waals surface area contributed by atoms with Crippen LogP contribution in [0.5, 0.6) is 0 Å². The Bertz CT molecular complexity index is 278. The van der Waals surface area contributed by atoms with E-state index in [-0.39, 0.29) is 0 Å². The van der Waals surface area contributed by atoms with E-state index < -0.39 is 0 Å². The maximum Gasteiger partial charge on any atom is 0.105 e. The van der Waals surface area contributed by atoms with Crippen molar-refractivity contribution in [2.45, 2.75) is 32.2 Å². The first-order chi connectivity index (χ1) is 7.84. The van der Waals surface area contributed by atoms with Crippen LogP contribution >= 0.6 is 0 Å². The molecule has 0 radical (unpaired) electrons. The van der Waals surface area contributed by atoms with Crippen molar-refractivity contribution in [3.8, 4) is 0 Å². The van der Waals surface area contributed by atoms with Crippen LogP contribution < -0.4 is 10.6 Å². The highest BCUT2D eigenvalue weighted by molar-refractivity contribution is 4.99. The van der Waals surface area contributed by atoms with Gasteiger partial charge >= 0.3 is 0 Å². The molecular formula is C13H22N2O. The van der Waals surface area contributed by atoms with Gasteiger partial charge in [-0.15, -0.1) is 0 Å². The summed E-state index contributed by atoms with van der Waals surface area (Å²) in [6, 6.07) is 4.49. The van der Waals surface area contributed by atoms with Gasteiger partial charge < -0.3 is 15.1 Å². The highest BCUT2D eigenvalue weighted by atomic mass is 16.3. The van der Waals surface area contributed by atoms with Crippen molar-refractivity contribution in [3.05, 3.63) is 24.2 Å². The van der Waals surface area contributed by atoms with Crippen molar-refractivity contribution in [1.82, 2.24) is 10.6 Å². The number of furan rings is 1. The molecule has 0 aromatic carbocycles. The second-order valence-corrected chi connectivity index (χ2v) is 4.79. The topological polar surface area (TPSA) is 37.2 Å². The van der Waals surface area contributed by atoms with Crippen LogP contribution in [0.4, 0.5) is 0 Å². The fourth-order valence-electron chi connectivity index (χ4n) is 2.30. The molecule has 1 saturated heterocycles. The van der Waals surface area contributed by atoms with Gasteiger partial charge in [0.15, 0.2) is 0 Å². The molecule has 0 aliphatic carbocycles. The maximum absolute atomic E-state index is 5.33. The average molecular weight is 222 g/mol. The van der Waals surface area contributed by atoms with Gasteiger partial charge in [0.1, 0.15) is 5.76 Å². The van der Waals surface area contributed by atoms with Gasteiger partial charge in [0.05, 0.1) is 6.26 Å². The summed E-state index contributed by atoms with van der Waals surface area (Å²) in [5, 5.41) is 6.96. The summed E-state index contributed by atoms with van der Waals surface area (Å²) in [5.74, 6) is 1.95. The molecule has 3 heteroatoms. The quantitative estimate of drug-likeness (QED) is 0.770. The van der Waals surface area contributed by atoms with E-state index >= 15 is 0 Å². The Hall–Kier alpha value is -0.800. The van der Waals surface area contributed by atoms with E-state index in [4.69, 9.17) is 4.42 Å². The minimum absolute atomic E-state index is 0.500. The molecule has 1 aliphatic heterocycles. The van der Waals surface area contributed by atoms with E-state index in [0.29, 0.717) is 6.04 Å². The molecule has 2 heterocycles. The molecule has 3 nitrogen and oxygen atoms in total. The summed E-state index contributed by atoms with van der Waals surface area (Å²) in [6.45, 7) is 5.74. The predicted molar refractivity (Wildman–Crippen MR) is 65.5 cm³/mol. The smallest absolute Gasteiger partial charge is 0.105 e. The Morgan fingerprint density at radius 1 is 1.62 bits per heavy atom. The Labute approximate surface area is 97.6 Å². The van der Waals surface area contributed by atoms with Crippen molar-refractivity contribution in [2.24, 2.45) is 5.92 Å². The summed E-state index contributed by atoms with van der Waals surface area (Å²) >= 11 is 0. The van der Waals surface area contributed by atoms with Crippen LogP contribution in [0.1, 0.15) is 25.5 Å². The van der Waals surface area contributed by atoms with E-state index in [1.807, 2.05) is 12.1 Å². The van der Waals surface area contributed by atoms with Crippen LogP contribution in [0.3, 0.4) is 0 Å². The summed E-state index contributed by atoms with van der Waals surface area (Å²) in [6.07, 6.45) is 5.35. The van der Waals surface area contributed by atoms with Gasteiger partial charge in [-0.2, -0.15) is 0 Å². The van der Waals surface area contributed by atoms with Crippen LogP contribution in [-0.4, -0.2) is 25.7 Å². The standard InChI is InChI=1S/C13H22N2O/c1-11(9-13-3-2-8-16-13)15-7-5-12-4-6-14-10-12/h2-3,8,11-12,14-15H,4-7,9-10H2,1H3. The van der Waals surface area contributed by atoms with Gasteiger partial charge in [0.2, 0.25) is 0 Å². The molecule has 2 atom stereocenters.